The van der Waals surface area contributed by atoms with Crippen molar-refractivity contribution < 1.29 is 4.79 Å². The molecule has 0 aromatic heterocycles. The molecule has 0 N–H and O–H groups in total. The van der Waals surface area contributed by atoms with Gasteiger partial charge in [0.1, 0.15) is 5.78 Å². The van der Waals surface area contributed by atoms with E-state index in [0.717, 1.165) is 18.8 Å². The number of hydrogen-bond acceptors (Lipinski definition) is 1. The highest BCUT2D eigenvalue weighted by Gasteiger charge is 2.12. The van der Waals surface area contributed by atoms with E-state index < -0.39 is 0 Å². The zero-order valence-corrected chi connectivity index (χ0v) is 11.0. The third kappa shape index (κ3) is 7.35. The molecule has 0 bridgehead atoms. The second kappa shape index (κ2) is 7.67. The Morgan fingerprint density at radius 1 is 1.07 bits per heavy atom. The zero-order chi connectivity index (χ0) is 11.8. The van der Waals surface area contributed by atoms with Crippen LogP contribution in [0.4, 0.5) is 0 Å². The Kier molecular flexibility index (Phi) is 7.37. The summed E-state index contributed by atoms with van der Waals surface area (Å²) in [5.74, 6) is 1.71. The molecule has 0 radical (unpaired) electrons. The molecule has 0 saturated heterocycles. The molecular formula is C14H26O. The quantitative estimate of drug-likeness (QED) is 0.570. The molecule has 0 aliphatic carbocycles. The van der Waals surface area contributed by atoms with Crippen molar-refractivity contribution in [3.8, 4) is 0 Å². The van der Waals surface area contributed by atoms with Crippen LogP contribution in [-0.4, -0.2) is 5.78 Å². The van der Waals surface area contributed by atoms with Gasteiger partial charge >= 0.3 is 0 Å². The van der Waals surface area contributed by atoms with Crippen molar-refractivity contribution >= 4 is 5.78 Å². The van der Waals surface area contributed by atoms with Crippen LogP contribution in [0.5, 0.6) is 0 Å². The summed E-state index contributed by atoms with van der Waals surface area (Å²) >= 11 is 0. The lowest BCUT2D eigenvalue weighted by atomic mass is 9.86. The molecule has 0 aromatic rings. The van der Waals surface area contributed by atoms with E-state index in [9.17, 15) is 4.79 Å². The Morgan fingerprint density at radius 2 is 1.53 bits per heavy atom. The first-order valence-corrected chi connectivity index (χ1v) is 6.08. The van der Waals surface area contributed by atoms with Crippen molar-refractivity contribution in [1.29, 1.82) is 0 Å². The molecule has 0 aliphatic heterocycles. The van der Waals surface area contributed by atoms with Crippen molar-refractivity contribution in [1.82, 2.24) is 0 Å². The van der Waals surface area contributed by atoms with Gasteiger partial charge < -0.3 is 4.79 Å². The van der Waals surface area contributed by atoms with E-state index in [2.05, 4.69) is 33.8 Å². The van der Waals surface area contributed by atoms with E-state index in [1.54, 1.807) is 6.92 Å². The van der Waals surface area contributed by atoms with Crippen LogP contribution in [0.2, 0.25) is 0 Å². The Hall–Kier alpha value is -0.590. The monoisotopic (exact) mass is 210 g/mol. The van der Waals surface area contributed by atoms with Crippen LogP contribution in [0.3, 0.4) is 0 Å². The van der Waals surface area contributed by atoms with Crippen molar-refractivity contribution in [2.24, 2.45) is 11.8 Å². The standard InChI is InChI=1S/C14H26O/c1-6-11(2)7-8-12(3)13(4)9-10-14(5)15/h6,12-13H,7-10H2,1-5H3/b11-6+. The maximum atomic E-state index is 10.9. The number of carbonyl (C=O) groups is 1. The van der Waals surface area contributed by atoms with Crippen LogP contribution >= 0.6 is 0 Å². The van der Waals surface area contributed by atoms with E-state index >= 15 is 0 Å². The number of allylic oxidation sites excluding steroid dienone is 2. The molecule has 0 fully saturated rings. The SMILES string of the molecule is C/C=C(\C)CCC(C)C(C)CCC(C)=O. The third-order valence-corrected chi connectivity index (χ3v) is 3.41. The van der Waals surface area contributed by atoms with Crippen molar-refractivity contribution in [3.63, 3.8) is 0 Å². The highest BCUT2D eigenvalue weighted by Crippen LogP contribution is 2.23. The number of carbonyl (C=O) groups excluding carboxylic acids is 1. The first-order chi connectivity index (χ1) is 6.97. The summed E-state index contributed by atoms with van der Waals surface area (Å²) in [5.41, 5.74) is 1.47. The van der Waals surface area contributed by atoms with Gasteiger partial charge in [0.05, 0.1) is 0 Å². The van der Waals surface area contributed by atoms with Gasteiger partial charge in [0, 0.05) is 6.42 Å². The predicted octanol–water partition coefficient (Wildman–Crippen LogP) is 4.37. The van der Waals surface area contributed by atoms with Crippen LogP contribution in [0.15, 0.2) is 11.6 Å². The fourth-order valence-electron chi connectivity index (χ4n) is 1.60. The molecule has 0 amide bonds. The molecule has 0 aliphatic rings. The smallest absolute Gasteiger partial charge is 0.129 e. The van der Waals surface area contributed by atoms with Gasteiger partial charge in [0.2, 0.25) is 0 Å². The lowest BCUT2D eigenvalue weighted by molar-refractivity contribution is -0.117. The number of Topliss-reactive ketones (excluding diaryl/α,β-unsaturated/α-hetero) is 1. The van der Waals surface area contributed by atoms with E-state index in [1.165, 1.54) is 18.4 Å². The summed E-state index contributed by atoms with van der Waals surface area (Å²) < 4.78 is 0. The highest BCUT2D eigenvalue weighted by molar-refractivity contribution is 5.75. The molecule has 2 atom stereocenters. The third-order valence-electron chi connectivity index (χ3n) is 3.41. The van der Waals surface area contributed by atoms with Crippen LogP contribution < -0.4 is 0 Å². The minimum absolute atomic E-state index is 0.318. The van der Waals surface area contributed by atoms with E-state index in [4.69, 9.17) is 0 Å². The molecule has 0 aromatic carbocycles. The van der Waals surface area contributed by atoms with Crippen LogP contribution in [-0.2, 0) is 4.79 Å². The van der Waals surface area contributed by atoms with Crippen molar-refractivity contribution in [2.75, 3.05) is 0 Å². The molecule has 0 heterocycles. The van der Waals surface area contributed by atoms with E-state index in [1.807, 2.05) is 0 Å². The topological polar surface area (TPSA) is 17.1 Å². The lowest BCUT2D eigenvalue weighted by Crippen LogP contribution is -2.09. The van der Waals surface area contributed by atoms with Gasteiger partial charge in [-0.1, -0.05) is 25.5 Å². The minimum atomic E-state index is 0.318. The first-order valence-electron chi connectivity index (χ1n) is 6.08. The number of rotatable bonds is 7. The summed E-state index contributed by atoms with van der Waals surface area (Å²) in [7, 11) is 0. The molecule has 0 spiro atoms. The summed E-state index contributed by atoms with van der Waals surface area (Å²) in [6, 6.07) is 0. The van der Waals surface area contributed by atoms with Gasteiger partial charge in [0.15, 0.2) is 0 Å². The summed E-state index contributed by atoms with van der Waals surface area (Å²) in [5, 5.41) is 0. The predicted molar refractivity (Wildman–Crippen MR) is 66.9 cm³/mol. The van der Waals surface area contributed by atoms with Gasteiger partial charge in [-0.05, 0) is 51.9 Å². The highest BCUT2D eigenvalue weighted by atomic mass is 16.1. The molecule has 15 heavy (non-hydrogen) atoms. The molecule has 2 unspecified atom stereocenters. The van der Waals surface area contributed by atoms with Crippen LogP contribution in [0.1, 0.15) is 60.3 Å². The largest absolute Gasteiger partial charge is 0.300 e. The minimum Gasteiger partial charge on any atom is -0.300 e. The number of hydrogen-bond donors (Lipinski definition) is 0. The molecule has 1 heteroatoms. The lowest BCUT2D eigenvalue weighted by Gasteiger charge is -2.19. The Labute approximate surface area is 95.0 Å². The Bertz CT molecular complexity index is 215. The fourth-order valence-corrected chi connectivity index (χ4v) is 1.60. The molecule has 1 nitrogen and oxygen atoms in total. The fraction of sp³-hybridized carbons (Fsp3) is 0.786. The first kappa shape index (κ1) is 14.4. The average Bonchev–Trinajstić information content (AvgIpc) is 2.21. The summed E-state index contributed by atoms with van der Waals surface area (Å²) in [6.45, 7) is 10.5. The Morgan fingerprint density at radius 3 is 1.93 bits per heavy atom. The second-order valence-corrected chi connectivity index (χ2v) is 4.87. The summed E-state index contributed by atoms with van der Waals surface area (Å²) in [6.07, 6.45) is 6.42. The molecule has 88 valence electrons. The van der Waals surface area contributed by atoms with Crippen LogP contribution in [0, 0.1) is 11.8 Å². The van der Waals surface area contributed by atoms with Gasteiger partial charge in [-0.15, -0.1) is 0 Å². The van der Waals surface area contributed by atoms with Crippen molar-refractivity contribution in [2.45, 2.75) is 60.3 Å². The van der Waals surface area contributed by atoms with Gasteiger partial charge in [-0.3, -0.25) is 0 Å². The number of ketones is 1. The second-order valence-electron chi connectivity index (χ2n) is 4.87. The summed E-state index contributed by atoms with van der Waals surface area (Å²) in [4.78, 5) is 10.9. The van der Waals surface area contributed by atoms with E-state index in [0.29, 0.717) is 11.7 Å². The molecular weight excluding hydrogens is 184 g/mol. The van der Waals surface area contributed by atoms with Crippen molar-refractivity contribution in [3.05, 3.63) is 11.6 Å². The Balaban J connectivity index is 3.78. The normalized spacial score (nSPS) is 16.2. The van der Waals surface area contributed by atoms with Crippen LogP contribution in [0.25, 0.3) is 0 Å². The van der Waals surface area contributed by atoms with Gasteiger partial charge in [-0.25, -0.2) is 0 Å². The maximum absolute atomic E-state index is 10.9. The van der Waals surface area contributed by atoms with Gasteiger partial charge in [0.25, 0.3) is 0 Å². The van der Waals surface area contributed by atoms with Gasteiger partial charge in [-0.2, -0.15) is 0 Å². The molecule has 0 rings (SSSR count). The zero-order valence-electron chi connectivity index (χ0n) is 11.0. The average molecular weight is 210 g/mol. The van der Waals surface area contributed by atoms with E-state index in [-0.39, 0.29) is 0 Å². The molecule has 0 saturated carbocycles. The maximum Gasteiger partial charge on any atom is 0.129 e.